The first kappa shape index (κ1) is 14.7. The number of hydrogen-bond donors (Lipinski definition) is 2. The minimum atomic E-state index is 0. The van der Waals surface area contributed by atoms with Crippen molar-refractivity contribution in [3.8, 4) is 0 Å². The number of nitrogens with one attached hydrogen (secondary N) is 1. The second-order valence-corrected chi connectivity index (χ2v) is 2.95. The molecule has 0 aliphatic heterocycles. The molecular weight excluding hydrogens is 174 g/mol. The highest BCUT2D eigenvalue weighted by Gasteiger charge is 1.89. The zero-order valence-electron chi connectivity index (χ0n) is 8.01. The predicted octanol–water partition coefficient (Wildman–Crippen LogP) is 1.96. The van der Waals surface area contributed by atoms with Gasteiger partial charge in [0.25, 0.3) is 0 Å². The molecule has 0 saturated heterocycles. The van der Waals surface area contributed by atoms with Crippen LogP contribution in [0.15, 0.2) is 0 Å². The second-order valence-electron chi connectivity index (χ2n) is 2.95. The fourth-order valence-corrected chi connectivity index (χ4v) is 1.12. The van der Waals surface area contributed by atoms with E-state index < -0.39 is 0 Å². The zero-order chi connectivity index (χ0) is 8.36. The summed E-state index contributed by atoms with van der Waals surface area (Å²) in [5, 5.41) is 11.6. The van der Waals surface area contributed by atoms with Crippen LogP contribution in [-0.4, -0.2) is 25.3 Å². The Morgan fingerprint density at radius 2 is 1.42 bits per heavy atom. The molecule has 0 aliphatic carbocycles. The maximum atomic E-state index is 8.50. The van der Waals surface area contributed by atoms with Gasteiger partial charge < -0.3 is 10.4 Å². The molecule has 76 valence electrons. The summed E-state index contributed by atoms with van der Waals surface area (Å²) in [4.78, 5) is 0. The molecule has 0 spiro atoms. The molecule has 0 unspecified atom stereocenters. The van der Waals surface area contributed by atoms with E-state index in [0.717, 1.165) is 13.0 Å². The lowest BCUT2D eigenvalue weighted by Gasteiger charge is -1.99. The smallest absolute Gasteiger partial charge is 0.0431 e. The molecule has 0 saturated carbocycles. The number of rotatable bonds is 8. The van der Waals surface area contributed by atoms with Crippen LogP contribution in [0.4, 0.5) is 0 Å². The molecule has 0 aromatic rings. The van der Waals surface area contributed by atoms with Crippen LogP contribution in [0.1, 0.15) is 38.5 Å². The van der Waals surface area contributed by atoms with Crippen LogP contribution in [-0.2, 0) is 0 Å². The fourth-order valence-electron chi connectivity index (χ4n) is 1.12. The molecule has 0 aliphatic rings. The Hall–Kier alpha value is 0.210. The molecular formula is C9H22ClNO. The van der Waals surface area contributed by atoms with E-state index in [-0.39, 0.29) is 12.4 Å². The summed E-state index contributed by atoms with van der Waals surface area (Å²) in [7, 11) is 1.99. The van der Waals surface area contributed by atoms with Crippen molar-refractivity contribution in [3.63, 3.8) is 0 Å². The molecule has 0 atom stereocenters. The molecule has 0 aromatic carbocycles. The van der Waals surface area contributed by atoms with Gasteiger partial charge in [-0.3, -0.25) is 0 Å². The summed E-state index contributed by atoms with van der Waals surface area (Å²) in [6.45, 7) is 1.50. The Morgan fingerprint density at radius 3 is 1.92 bits per heavy atom. The van der Waals surface area contributed by atoms with Gasteiger partial charge in [0.15, 0.2) is 0 Å². The van der Waals surface area contributed by atoms with Crippen molar-refractivity contribution in [3.05, 3.63) is 0 Å². The number of halogens is 1. The summed E-state index contributed by atoms with van der Waals surface area (Å²) in [5.41, 5.74) is 0. The van der Waals surface area contributed by atoms with E-state index in [1.54, 1.807) is 0 Å². The third kappa shape index (κ3) is 12.8. The largest absolute Gasteiger partial charge is 0.396 e. The van der Waals surface area contributed by atoms with Crippen molar-refractivity contribution < 1.29 is 5.11 Å². The Labute approximate surface area is 82.2 Å². The van der Waals surface area contributed by atoms with E-state index in [1.807, 2.05) is 7.05 Å². The predicted molar refractivity (Wildman–Crippen MR) is 56.0 cm³/mol. The van der Waals surface area contributed by atoms with Crippen molar-refractivity contribution in [2.75, 3.05) is 20.2 Å². The maximum absolute atomic E-state index is 8.50. The van der Waals surface area contributed by atoms with Gasteiger partial charge in [0.05, 0.1) is 0 Å². The molecule has 2 nitrogen and oxygen atoms in total. The van der Waals surface area contributed by atoms with E-state index in [1.165, 1.54) is 32.1 Å². The van der Waals surface area contributed by atoms with Gasteiger partial charge in [0.2, 0.25) is 0 Å². The number of aliphatic hydroxyl groups excluding tert-OH is 1. The molecule has 0 bridgehead atoms. The summed E-state index contributed by atoms with van der Waals surface area (Å²) in [5.74, 6) is 0. The van der Waals surface area contributed by atoms with Gasteiger partial charge in [-0.15, -0.1) is 12.4 Å². The SMILES string of the molecule is CNCCCCCCCCO.Cl. The topological polar surface area (TPSA) is 32.3 Å². The highest BCUT2D eigenvalue weighted by Crippen LogP contribution is 2.03. The van der Waals surface area contributed by atoms with Gasteiger partial charge in [-0.05, 0) is 26.4 Å². The maximum Gasteiger partial charge on any atom is 0.0431 e. The monoisotopic (exact) mass is 195 g/mol. The van der Waals surface area contributed by atoms with Crippen molar-refractivity contribution in [2.24, 2.45) is 0 Å². The minimum absolute atomic E-state index is 0. The van der Waals surface area contributed by atoms with Crippen LogP contribution in [0, 0.1) is 0 Å². The van der Waals surface area contributed by atoms with Crippen molar-refractivity contribution in [2.45, 2.75) is 38.5 Å². The Bertz CT molecular complexity index is 63.5. The number of aliphatic hydroxyl groups is 1. The summed E-state index contributed by atoms with van der Waals surface area (Å²) in [6.07, 6.45) is 7.38. The van der Waals surface area contributed by atoms with Gasteiger partial charge in [-0.25, -0.2) is 0 Å². The lowest BCUT2D eigenvalue weighted by Crippen LogP contribution is -2.06. The standard InChI is InChI=1S/C9H21NO.ClH/c1-10-8-6-4-2-3-5-7-9-11;/h10-11H,2-9H2,1H3;1H. The highest BCUT2D eigenvalue weighted by atomic mass is 35.5. The van der Waals surface area contributed by atoms with Crippen molar-refractivity contribution in [1.29, 1.82) is 0 Å². The first-order valence-corrected chi connectivity index (χ1v) is 4.67. The van der Waals surface area contributed by atoms with Gasteiger partial charge in [0.1, 0.15) is 0 Å². The average molecular weight is 196 g/mol. The van der Waals surface area contributed by atoms with Gasteiger partial charge in [-0.2, -0.15) is 0 Å². The van der Waals surface area contributed by atoms with E-state index in [4.69, 9.17) is 5.11 Å². The quantitative estimate of drug-likeness (QED) is 0.581. The van der Waals surface area contributed by atoms with Crippen molar-refractivity contribution >= 4 is 12.4 Å². The number of unbranched alkanes of at least 4 members (excludes halogenated alkanes) is 5. The first-order chi connectivity index (χ1) is 5.41. The fraction of sp³-hybridized carbons (Fsp3) is 1.00. The lowest BCUT2D eigenvalue weighted by molar-refractivity contribution is 0.282. The molecule has 0 aromatic heterocycles. The van der Waals surface area contributed by atoms with Crippen LogP contribution in [0.3, 0.4) is 0 Å². The third-order valence-corrected chi connectivity index (χ3v) is 1.83. The molecule has 0 rings (SSSR count). The van der Waals surface area contributed by atoms with Crippen LogP contribution in [0.25, 0.3) is 0 Å². The first-order valence-electron chi connectivity index (χ1n) is 4.67. The molecule has 0 fully saturated rings. The summed E-state index contributed by atoms with van der Waals surface area (Å²) < 4.78 is 0. The molecule has 0 amide bonds. The van der Waals surface area contributed by atoms with Gasteiger partial charge in [0, 0.05) is 6.61 Å². The Kier molecular flexibility index (Phi) is 16.9. The van der Waals surface area contributed by atoms with E-state index in [9.17, 15) is 0 Å². The lowest BCUT2D eigenvalue weighted by atomic mass is 10.1. The molecule has 0 radical (unpaired) electrons. The highest BCUT2D eigenvalue weighted by molar-refractivity contribution is 5.85. The summed E-state index contributed by atoms with van der Waals surface area (Å²) in [6, 6.07) is 0. The Balaban J connectivity index is 0. The van der Waals surface area contributed by atoms with E-state index in [2.05, 4.69) is 5.32 Å². The van der Waals surface area contributed by atoms with Gasteiger partial charge >= 0.3 is 0 Å². The summed E-state index contributed by atoms with van der Waals surface area (Å²) >= 11 is 0. The third-order valence-electron chi connectivity index (χ3n) is 1.83. The van der Waals surface area contributed by atoms with Crippen LogP contribution >= 0.6 is 12.4 Å². The van der Waals surface area contributed by atoms with E-state index in [0.29, 0.717) is 6.61 Å². The van der Waals surface area contributed by atoms with Crippen molar-refractivity contribution in [1.82, 2.24) is 5.32 Å². The molecule has 0 heterocycles. The number of hydrogen-bond acceptors (Lipinski definition) is 2. The molecule has 12 heavy (non-hydrogen) atoms. The Morgan fingerprint density at radius 1 is 0.917 bits per heavy atom. The average Bonchev–Trinajstić information content (AvgIpc) is 2.03. The molecule has 2 N–H and O–H groups in total. The van der Waals surface area contributed by atoms with Crippen LogP contribution in [0.5, 0.6) is 0 Å². The van der Waals surface area contributed by atoms with Crippen LogP contribution < -0.4 is 5.32 Å². The van der Waals surface area contributed by atoms with Crippen LogP contribution in [0.2, 0.25) is 0 Å². The van der Waals surface area contributed by atoms with E-state index >= 15 is 0 Å². The molecule has 3 heteroatoms. The zero-order valence-corrected chi connectivity index (χ0v) is 8.83. The normalized spacial score (nSPS) is 9.50. The van der Waals surface area contributed by atoms with Gasteiger partial charge in [-0.1, -0.05) is 25.7 Å². The second kappa shape index (κ2) is 13.8. The minimum Gasteiger partial charge on any atom is -0.396 e.